The van der Waals surface area contributed by atoms with E-state index in [1.165, 1.54) is 0 Å². The summed E-state index contributed by atoms with van der Waals surface area (Å²) in [6, 6.07) is 21.0. The van der Waals surface area contributed by atoms with Crippen molar-refractivity contribution in [1.82, 2.24) is 19.9 Å². The molecule has 21 heteroatoms. The van der Waals surface area contributed by atoms with Gasteiger partial charge in [0.05, 0.1) is 40.7 Å². The number of hydrogen-bond donors (Lipinski definition) is 0. The topological polar surface area (TPSA) is 54.0 Å². The van der Waals surface area contributed by atoms with E-state index >= 15 is 0 Å². The van der Waals surface area contributed by atoms with Crippen LogP contribution in [0.1, 0.15) is 22.8 Å². The molecule has 5 heterocycles. The first kappa shape index (κ1) is 51.6. The van der Waals surface area contributed by atoms with E-state index in [-0.39, 0.29) is 19.5 Å². The molecule has 0 unspecified atom stereocenters. The summed E-state index contributed by atoms with van der Waals surface area (Å²) in [7, 11) is 0. The molecule has 0 spiro atoms. The zero-order valence-corrected chi connectivity index (χ0v) is 53.2. The van der Waals surface area contributed by atoms with Gasteiger partial charge < -0.3 is 9.97 Å². The van der Waals surface area contributed by atoms with Crippen LogP contribution in [-0.2, 0) is 19.5 Å². The summed E-state index contributed by atoms with van der Waals surface area (Å²) >= 11 is 88.1. The Morgan fingerprint density at radius 2 is 0.462 bits per heavy atom. The van der Waals surface area contributed by atoms with Crippen LogP contribution in [-0.4, -0.2) is 9.97 Å². The van der Waals surface area contributed by atoms with E-state index in [2.05, 4.69) is 127 Å². The summed E-state index contributed by atoms with van der Waals surface area (Å²) in [5.74, 6) is 0. The van der Waals surface area contributed by atoms with E-state index in [0.29, 0.717) is 165 Å². The van der Waals surface area contributed by atoms with Gasteiger partial charge in [0.25, 0.3) is 0 Å². The normalized spacial score (nSPS) is 12.7. The number of aromatic nitrogens is 4. The van der Waals surface area contributed by atoms with Crippen molar-refractivity contribution in [1.29, 1.82) is 0 Å². The SMILES string of the molecule is Clc1cccc(Cl)c1-c1c2nc(c(-c3c(Cl)cccc3Cl)c3[n-]c(c(Br)c3Br)c(-c3c(Cl)cccc3Cl)c3nc(c(-c4c(Cl)cccc4Cl)c4[n-]c1c(Br)c4Br)C(Br)=C3Br)C(Br)=C2Br.[Zn+2]. The molecule has 7 aromatic rings. The molecule has 0 atom stereocenters. The zero-order chi connectivity index (χ0) is 45.8. The number of nitrogens with zero attached hydrogens (tertiary/aromatic N) is 4. The third kappa shape index (κ3) is 8.80. The molecule has 65 heavy (non-hydrogen) atoms. The van der Waals surface area contributed by atoms with Crippen LogP contribution in [0.5, 0.6) is 0 Å². The van der Waals surface area contributed by atoms with Crippen LogP contribution in [0.15, 0.2) is 90.7 Å². The number of rotatable bonds is 4. The second kappa shape index (κ2) is 20.4. The van der Waals surface area contributed by atoms with Gasteiger partial charge in [-0.2, -0.15) is 0 Å². The molecule has 4 aromatic carbocycles. The largest absolute Gasteiger partial charge is 2.00 e. The first-order valence-electron chi connectivity index (χ1n) is 17.8. The van der Waals surface area contributed by atoms with Gasteiger partial charge in [0.1, 0.15) is 0 Å². The van der Waals surface area contributed by atoms with Crippen molar-refractivity contribution >= 4 is 260 Å². The molecule has 322 valence electrons. The molecule has 4 nitrogen and oxygen atoms in total. The van der Waals surface area contributed by atoms with E-state index in [0.717, 1.165) is 0 Å². The van der Waals surface area contributed by atoms with Gasteiger partial charge in [-0.25, -0.2) is 9.97 Å². The summed E-state index contributed by atoms with van der Waals surface area (Å²) in [5.41, 5.74) is 6.76. The third-order valence-corrected chi connectivity index (χ3v) is 20.9. The van der Waals surface area contributed by atoms with Gasteiger partial charge in [-0.1, -0.05) is 181 Å². The molecule has 3 aromatic heterocycles. The minimum Gasteiger partial charge on any atom is -0.655 e. The van der Waals surface area contributed by atoms with Crippen LogP contribution < -0.4 is 9.97 Å². The Bertz CT molecular complexity index is 2980. The van der Waals surface area contributed by atoms with Crippen LogP contribution in [0.25, 0.3) is 84.5 Å². The van der Waals surface area contributed by atoms with Gasteiger partial charge in [-0.15, -0.1) is 22.1 Å². The Labute approximate surface area is 490 Å². The van der Waals surface area contributed by atoms with E-state index in [4.69, 9.17) is 113 Å². The van der Waals surface area contributed by atoms with Gasteiger partial charge in [0, 0.05) is 80.3 Å². The summed E-state index contributed by atoms with van der Waals surface area (Å²) in [6.07, 6.45) is 0. The number of halogens is 16. The molecule has 0 amide bonds. The molecule has 0 saturated heterocycles. The number of fused-ring (bicyclic) bond motifs is 8. The van der Waals surface area contributed by atoms with Crippen LogP contribution >= 0.6 is 220 Å². The van der Waals surface area contributed by atoms with E-state index in [1.807, 2.05) is 0 Å². The van der Waals surface area contributed by atoms with Crippen molar-refractivity contribution < 1.29 is 19.5 Å². The summed E-state index contributed by atoms with van der Waals surface area (Å²) in [5, 5.41) is 2.65. The first-order chi connectivity index (χ1) is 30.4. The molecule has 0 radical (unpaired) electrons. The standard InChI is InChI=1S/C44H12Br8Cl8N4.Zn/c45-29-31(47)39-26(22-15(55)7-2-8-16(22)56)41-33(49)35(51)43(63-41)28(24-19(59)11-4-12-20(24)60)44-36(52)34(50)42(64-44)27(23-17(57)9-3-10-18(23)58)40-32(48)30(46)38(62-40)25(37(29)61-39)21-13(53)5-1-6-14(21)54;/h1-12H;/q-2;+2. The van der Waals surface area contributed by atoms with Gasteiger partial charge in [0.15, 0.2) is 0 Å². The van der Waals surface area contributed by atoms with E-state index in [1.54, 1.807) is 72.8 Å². The van der Waals surface area contributed by atoms with Gasteiger partial charge in [-0.3, -0.25) is 0 Å². The van der Waals surface area contributed by atoms with Crippen molar-refractivity contribution in [3.8, 4) is 44.5 Å². The Morgan fingerprint density at radius 1 is 0.292 bits per heavy atom. The second-order valence-corrected chi connectivity index (χ2v) is 23.2. The fourth-order valence-electron chi connectivity index (χ4n) is 7.34. The van der Waals surface area contributed by atoms with E-state index < -0.39 is 0 Å². The molecule has 9 rings (SSSR count). The maximum atomic E-state index is 7.11. The molecule has 2 aliphatic heterocycles. The average Bonchev–Trinajstić information content (AvgIpc) is 3.91. The summed E-state index contributed by atoms with van der Waals surface area (Å²) in [6.45, 7) is 0. The van der Waals surface area contributed by atoms with Crippen LogP contribution in [0, 0.1) is 0 Å². The minimum atomic E-state index is 0. The smallest absolute Gasteiger partial charge is 0.655 e. The minimum absolute atomic E-state index is 0. The van der Waals surface area contributed by atoms with E-state index in [9.17, 15) is 0 Å². The van der Waals surface area contributed by atoms with Crippen molar-refractivity contribution in [2.45, 2.75) is 0 Å². The Hall–Kier alpha value is 0.263. The molecule has 0 aliphatic carbocycles. The summed E-state index contributed by atoms with van der Waals surface area (Å²) < 4.78 is 4.19. The van der Waals surface area contributed by atoms with Gasteiger partial charge >= 0.3 is 19.5 Å². The Balaban J connectivity index is 0.00000576. The fraction of sp³-hybridized carbons (Fsp3) is 0. The monoisotopic (exact) mass is 1570 g/mol. The first-order valence-corrected chi connectivity index (χ1v) is 27.2. The molecule has 2 aliphatic rings. The van der Waals surface area contributed by atoms with Gasteiger partial charge in [-0.05, 0) is 135 Å². The van der Waals surface area contributed by atoms with Crippen molar-refractivity contribution in [3.63, 3.8) is 0 Å². The van der Waals surface area contributed by atoms with Crippen molar-refractivity contribution in [2.24, 2.45) is 0 Å². The average molecular weight is 1580 g/mol. The maximum Gasteiger partial charge on any atom is 2.00 e. The quantitative estimate of drug-likeness (QED) is 0.165. The summed E-state index contributed by atoms with van der Waals surface area (Å²) in [4.78, 5) is 21.6. The maximum absolute atomic E-state index is 7.11. The molecule has 0 fully saturated rings. The molecule has 0 saturated carbocycles. The molecular weight excluding hydrogens is 1570 g/mol. The second-order valence-electron chi connectivity index (χ2n) is 13.6. The van der Waals surface area contributed by atoms with Gasteiger partial charge in [0.2, 0.25) is 0 Å². The van der Waals surface area contributed by atoms with Crippen LogP contribution in [0.2, 0.25) is 40.2 Å². The predicted molar refractivity (Wildman–Crippen MR) is 301 cm³/mol. The van der Waals surface area contributed by atoms with Crippen LogP contribution in [0.4, 0.5) is 0 Å². The van der Waals surface area contributed by atoms with Crippen molar-refractivity contribution in [3.05, 3.63) is 154 Å². The zero-order valence-electron chi connectivity index (χ0n) is 31.5. The predicted octanol–water partition coefficient (Wildman–Crippen LogP) is 21.7. The number of hydrogen-bond acceptors (Lipinski definition) is 2. The Kier molecular flexibility index (Phi) is 16.2. The van der Waals surface area contributed by atoms with Crippen molar-refractivity contribution in [2.75, 3.05) is 0 Å². The van der Waals surface area contributed by atoms with Crippen LogP contribution in [0.3, 0.4) is 0 Å². The molecule has 0 N–H and O–H groups in total. The third-order valence-electron chi connectivity index (χ3n) is 10.1. The fourth-order valence-corrected chi connectivity index (χ4v) is 13.5. The molecular formula is C44H12Br8Cl8N4Zn. The number of benzene rings is 4. The Morgan fingerprint density at radius 3 is 0.631 bits per heavy atom. The molecule has 8 bridgehead atoms.